The monoisotopic (exact) mass is 294 g/mol. The largest absolute Gasteiger partial charge is 0.432 e. The SMILES string of the molecule is CC(C)CNCc1coc(N(C)CC2(N(C)C)CCC2)n1. The fraction of sp³-hybridized carbons (Fsp3) is 0.812. The van der Waals surface area contributed by atoms with E-state index in [0.717, 1.165) is 31.3 Å². The summed E-state index contributed by atoms with van der Waals surface area (Å²) in [5.41, 5.74) is 1.27. The van der Waals surface area contributed by atoms with E-state index in [1.54, 1.807) is 6.26 Å². The van der Waals surface area contributed by atoms with Crippen LogP contribution in [0.1, 0.15) is 38.8 Å². The van der Waals surface area contributed by atoms with Gasteiger partial charge in [0.25, 0.3) is 6.01 Å². The molecule has 0 spiro atoms. The first kappa shape index (κ1) is 16.3. The van der Waals surface area contributed by atoms with Crippen LogP contribution in [0.4, 0.5) is 6.01 Å². The molecule has 0 unspecified atom stereocenters. The topological polar surface area (TPSA) is 44.5 Å². The summed E-state index contributed by atoms with van der Waals surface area (Å²) in [6.07, 6.45) is 5.60. The first-order valence-corrected chi connectivity index (χ1v) is 7.97. The molecule has 0 saturated heterocycles. The van der Waals surface area contributed by atoms with Gasteiger partial charge in [0.15, 0.2) is 0 Å². The molecule has 1 saturated carbocycles. The van der Waals surface area contributed by atoms with Crippen molar-refractivity contribution < 1.29 is 4.42 Å². The van der Waals surface area contributed by atoms with Crippen molar-refractivity contribution in [3.63, 3.8) is 0 Å². The summed E-state index contributed by atoms with van der Waals surface area (Å²) >= 11 is 0. The van der Waals surface area contributed by atoms with E-state index in [-0.39, 0.29) is 0 Å². The Morgan fingerprint density at radius 3 is 2.57 bits per heavy atom. The zero-order valence-corrected chi connectivity index (χ0v) is 14.1. The molecule has 21 heavy (non-hydrogen) atoms. The van der Waals surface area contributed by atoms with E-state index in [1.807, 2.05) is 0 Å². The lowest BCUT2D eigenvalue weighted by atomic mass is 9.75. The van der Waals surface area contributed by atoms with Crippen LogP contribution < -0.4 is 10.2 Å². The second-order valence-corrected chi connectivity index (χ2v) is 6.97. The van der Waals surface area contributed by atoms with Gasteiger partial charge in [-0.1, -0.05) is 13.8 Å². The van der Waals surface area contributed by atoms with Crippen molar-refractivity contribution in [1.82, 2.24) is 15.2 Å². The van der Waals surface area contributed by atoms with Gasteiger partial charge in [0.2, 0.25) is 0 Å². The number of rotatable bonds is 8. The average molecular weight is 294 g/mol. The Hall–Kier alpha value is -1.07. The molecule has 2 rings (SSSR count). The molecule has 5 heteroatoms. The first-order valence-electron chi connectivity index (χ1n) is 7.97. The van der Waals surface area contributed by atoms with E-state index in [9.17, 15) is 0 Å². The fourth-order valence-electron chi connectivity index (χ4n) is 2.88. The normalized spacial score (nSPS) is 17.3. The van der Waals surface area contributed by atoms with Crippen molar-refractivity contribution in [2.45, 2.75) is 45.2 Å². The van der Waals surface area contributed by atoms with Crippen molar-refractivity contribution >= 4 is 6.01 Å². The van der Waals surface area contributed by atoms with Crippen LogP contribution in [0.15, 0.2) is 10.7 Å². The second-order valence-electron chi connectivity index (χ2n) is 6.97. The Balaban J connectivity index is 1.88. The van der Waals surface area contributed by atoms with Gasteiger partial charge in [-0.15, -0.1) is 0 Å². The molecule has 120 valence electrons. The minimum absolute atomic E-state index is 0.291. The lowest BCUT2D eigenvalue weighted by Gasteiger charge is -2.48. The molecular formula is C16H30N4O. The third-order valence-electron chi connectivity index (χ3n) is 4.49. The van der Waals surface area contributed by atoms with Gasteiger partial charge in [-0.2, -0.15) is 4.98 Å². The van der Waals surface area contributed by atoms with Gasteiger partial charge >= 0.3 is 0 Å². The second kappa shape index (κ2) is 6.79. The third-order valence-corrected chi connectivity index (χ3v) is 4.49. The third kappa shape index (κ3) is 3.98. The highest BCUT2D eigenvalue weighted by Gasteiger charge is 2.40. The Labute approximate surface area is 128 Å². The molecule has 0 atom stereocenters. The summed E-state index contributed by atoms with van der Waals surface area (Å²) in [5.74, 6) is 0.651. The molecule has 1 N–H and O–H groups in total. The van der Waals surface area contributed by atoms with Crippen LogP contribution in [0, 0.1) is 5.92 Å². The lowest BCUT2D eigenvalue weighted by molar-refractivity contribution is 0.0673. The van der Waals surface area contributed by atoms with Crippen molar-refractivity contribution in [3.05, 3.63) is 12.0 Å². The van der Waals surface area contributed by atoms with Crippen molar-refractivity contribution in [2.75, 3.05) is 39.1 Å². The van der Waals surface area contributed by atoms with E-state index in [1.165, 1.54) is 19.3 Å². The van der Waals surface area contributed by atoms with Gasteiger partial charge in [-0.25, -0.2) is 0 Å². The van der Waals surface area contributed by atoms with E-state index >= 15 is 0 Å². The molecule has 0 aromatic carbocycles. The Morgan fingerprint density at radius 1 is 1.33 bits per heavy atom. The quantitative estimate of drug-likeness (QED) is 0.797. The minimum Gasteiger partial charge on any atom is -0.432 e. The Morgan fingerprint density at radius 2 is 2.05 bits per heavy atom. The van der Waals surface area contributed by atoms with Crippen LogP contribution >= 0.6 is 0 Å². The standard InChI is InChI=1S/C16H30N4O/c1-13(2)9-17-10-14-11-21-15(18-14)20(5)12-16(19(3)4)7-6-8-16/h11,13,17H,6-10,12H2,1-5H3. The molecule has 0 amide bonds. The molecule has 0 aliphatic heterocycles. The summed E-state index contributed by atoms with van der Waals surface area (Å²) in [6.45, 7) is 7.15. The highest BCUT2D eigenvalue weighted by atomic mass is 16.4. The summed E-state index contributed by atoms with van der Waals surface area (Å²) in [6, 6.07) is 0.726. The summed E-state index contributed by atoms with van der Waals surface area (Å²) < 4.78 is 5.63. The Bertz CT molecular complexity index is 437. The molecule has 0 radical (unpaired) electrons. The molecule has 1 aromatic rings. The summed E-state index contributed by atoms with van der Waals surface area (Å²) in [4.78, 5) is 9.08. The molecule has 1 fully saturated rings. The fourth-order valence-corrected chi connectivity index (χ4v) is 2.88. The van der Waals surface area contributed by atoms with E-state index in [2.05, 4.69) is 55.1 Å². The van der Waals surface area contributed by atoms with Gasteiger partial charge in [0.1, 0.15) is 6.26 Å². The molecule has 0 bridgehead atoms. The number of likely N-dealkylation sites (N-methyl/N-ethyl adjacent to an activating group) is 2. The number of anilines is 1. The molecule has 1 aliphatic carbocycles. The van der Waals surface area contributed by atoms with Crippen molar-refractivity contribution in [2.24, 2.45) is 5.92 Å². The number of hydrogen-bond donors (Lipinski definition) is 1. The van der Waals surface area contributed by atoms with Crippen LogP contribution in [0.3, 0.4) is 0 Å². The smallest absolute Gasteiger partial charge is 0.297 e. The number of nitrogens with zero attached hydrogens (tertiary/aromatic N) is 3. The number of oxazole rings is 1. The number of nitrogens with one attached hydrogen (secondary N) is 1. The first-order chi connectivity index (χ1) is 9.93. The van der Waals surface area contributed by atoms with Gasteiger partial charge in [-0.3, -0.25) is 0 Å². The summed E-state index contributed by atoms with van der Waals surface area (Å²) in [7, 11) is 6.41. The van der Waals surface area contributed by atoms with Crippen molar-refractivity contribution in [3.8, 4) is 0 Å². The van der Waals surface area contributed by atoms with E-state index < -0.39 is 0 Å². The van der Waals surface area contributed by atoms with Crippen LogP contribution in [0.2, 0.25) is 0 Å². The van der Waals surface area contributed by atoms with Gasteiger partial charge < -0.3 is 19.5 Å². The average Bonchev–Trinajstić information content (AvgIpc) is 2.81. The molecule has 5 nitrogen and oxygen atoms in total. The zero-order chi connectivity index (χ0) is 15.5. The van der Waals surface area contributed by atoms with E-state index in [4.69, 9.17) is 4.42 Å². The number of hydrogen-bond acceptors (Lipinski definition) is 5. The summed E-state index contributed by atoms with van der Waals surface area (Å²) in [5, 5.41) is 3.39. The maximum atomic E-state index is 5.63. The number of aromatic nitrogens is 1. The highest BCUT2D eigenvalue weighted by molar-refractivity contribution is 5.27. The molecule has 1 aliphatic rings. The van der Waals surface area contributed by atoms with Crippen LogP contribution in [0.25, 0.3) is 0 Å². The maximum Gasteiger partial charge on any atom is 0.297 e. The predicted molar refractivity (Wildman–Crippen MR) is 86.6 cm³/mol. The van der Waals surface area contributed by atoms with Crippen LogP contribution in [-0.2, 0) is 6.54 Å². The van der Waals surface area contributed by atoms with Crippen molar-refractivity contribution in [1.29, 1.82) is 0 Å². The zero-order valence-electron chi connectivity index (χ0n) is 14.1. The Kier molecular flexibility index (Phi) is 5.27. The lowest BCUT2D eigenvalue weighted by Crippen LogP contribution is -2.56. The van der Waals surface area contributed by atoms with Crippen LogP contribution in [-0.4, -0.2) is 49.7 Å². The minimum atomic E-state index is 0.291. The molecular weight excluding hydrogens is 264 g/mol. The highest BCUT2D eigenvalue weighted by Crippen LogP contribution is 2.37. The van der Waals surface area contributed by atoms with Gasteiger partial charge in [0, 0.05) is 25.7 Å². The molecule has 1 heterocycles. The molecule has 1 aromatic heterocycles. The maximum absolute atomic E-state index is 5.63. The van der Waals surface area contributed by atoms with Gasteiger partial charge in [-0.05, 0) is 45.8 Å². The van der Waals surface area contributed by atoms with E-state index in [0.29, 0.717) is 11.5 Å². The van der Waals surface area contributed by atoms with Gasteiger partial charge in [0.05, 0.1) is 5.69 Å². The van der Waals surface area contributed by atoms with Crippen LogP contribution in [0.5, 0.6) is 0 Å². The predicted octanol–water partition coefficient (Wildman–Crippen LogP) is 2.34.